The molecule has 0 bridgehead atoms. The number of nitrogens with one attached hydrogen (secondary N) is 1. The minimum atomic E-state index is -4.09. The van der Waals surface area contributed by atoms with E-state index < -0.39 is 28.1 Å². The molecule has 0 aromatic heterocycles. The summed E-state index contributed by atoms with van der Waals surface area (Å²) in [7, 11) is -4.09. The molecule has 0 saturated heterocycles. The van der Waals surface area contributed by atoms with E-state index in [0.717, 1.165) is 15.4 Å². The number of ether oxygens (including phenoxy) is 1. The van der Waals surface area contributed by atoms with Gasteiger partial charge in [-0.15, -0.1) is 0 Å². The van der Waals surface area contributed by atoms with Gasteiger partial charge >= 0.3 is 0 Å². The summed E-state index contributed by atoms with van der Waals surface area (Å²) in [6.07, 6.45) is 4.09. The number of hydrogen-bond acceptors (Lipinski definition) is 6. The second-order valence-electron chi connectivity index (χ2n) is 9.04. The third-order valence-electron chi connectivity index (χ3n) is 6.40. The summed E-state index contributed by atoms with van der Waals surface area (Å²) in [5, 5.41) is 15.5. The molecule has 3 aromatic carbocycles. The van der Waals surface area contributed by atoms with E-state index in [2.05, 4.69) is 10.5 Å². The van der Waals surface area contributed by atoms with Crippen LogP contribution in [0.4, 0.5) is 5.69 Å². The largest absolute Gasteiger partial charge is 0.494 e. The van der Waals surface area contributed by atoms with Gasteiger partial charge in [-0.25, -0.2) is 13.8 Å². The van der Waals surface area contributed by atoms with Gasteiger partial charge in [0.25, 0.3) is 15.9 Å². The highest BCUT2D eigenvalue weighted by Crippen LogP contribution is 2.34. The Morgan fingerprint density at radius 1 is 1.08 bits per heavy atom. The van der Waals surface area contributed by atoms with E-state index in [1.165, 1.54) is 12.1 Å². The van der Waals surface area contributed by atoms with Crippen LogP contribution in [0.25, 0.3) is 6.08 Å². The molecular weight excluding hydrogens is 502 g/mol. The zero-order valence-corrected chi connectivity index (χ0v) is 22.4. The molecule has 0 heterocycles. The van der Waals surface area contributed by atoms with Crippen LogP contribution in [0.1, 0.15) is 37.0 Å². The number of aliphatic hydroxyl groups is 1. The average molecular weight is 534 g/mol. The van der Waals surface area contributed by atoms with Crippen LogP contribution >= 0.6 is 0 Å². The monoisotopic (exact) mass is 533 g/mol. The number of hydrazone groups is 1. The molecule has 0 spiro atoms. The number of sulfonamides is 1. The van der Waals surface area contributed by atoms with Crippen LogP contribution in [-0.4, -0.2) is 38.3 Å². The predicted octanol–water partition coefficient (Wildman–Crippen LogP) is 4.39. The molecule has 9 heteroatoms. The van der Waals surface area contributed by atoms with Gasteiger partial charge in [0.05, 0.1) is 22.9 Å². The Morgan fingerprint density at radius 2 is 1.76 bits per heavy atom. The van der Waals surface area contributed by atoms with Crippen molar-refractivity contribution >= 4 is 33.4 Å². The number of amides is 1. The van der Waals surface area contributed by atoms with Crippen LogP contribution in [0.5, 0.6) is 5.75 Å². The number of rotatable bonds is 9. The van der Waals surface area contributed by atoms with E-state index >= 15 is 0 Å². The predicted molar refractivity (Wildman–Crippen MR) is 149 cm³/mol. The second kappa shape index (κ2) is 11.2. The summed E-state index contributed by atoms with van der Waals surface area (Å²) >= 11 is 0. The van der Waals surface area contributed by atoms with Crippen molar-refractivity contribution in [1.29, 1.82) is 0 Å². The average Bonchev–Trinajstić information content (AvgIpc) is 2.91. The summed E-state index contributed by atoms with van der Waals surface area (Å²) in [6, 6.07) is 20.3. The molecule has 1 aliphatic rings. The third-order valence-corrected chi connectivity index (χ3v) is 8.18. The Balaban J connectivity index is 1.59. The maximum Gasteiger partial charge on any atom is 0.264 e. The van der Waals surface area contributed by atoms with Crippen molar-refractivity contribution in [2.24, 2.45) is 5.10 Å². The normalized spacial score (nSPS) is 17.0. The summed E-state index contributed by atoms with van der Waals surface area (Å²) in [4.78, 5) is 13.0. The van der Waals surface area contributed by atoms with Crippen molar-refractivity contribution in [3.05, 3.63) is 95.6 Å². The minimum Gasteiger partial charge on any atom is -0.494 e. The smallest absolute Gasteiger partial charge is 0.264 e. The molecule has 2 N–H and O–H groups in total. The number of hydrogen-bond donors (Lipinski definition) is 2. The van der Waals surface area contributed by atoms with Crippen molar-refractivity contribution < 1.29 is 23.1 Å². The molecule has 1 aliphatic carbocycles. The fraction of sp³-hybridized carbons (Fsp3) is 0.241. The van der Waals surface area contributed by atoms with Crippen molar-refractivity contribution in [3.8, 4) is 5.75 Å². The van der Waals surface area contributed by atoms with Gasteiger partial charge in [0.1, 0.15) is 17.9 Å². The number of fused-ring (bicyclic) bond motifs is 1. The molecule has 198 valence electrons. The lowest BCUT2D eigenvalue weighted by Gasteiger charge is -2.31. The number of anilines is 1. The fourth-order valence-electron chi connectivity index (χ4n) is 4.26. The van der Waals surface area contributed by atoms with Crippen molar-refractivity contribution in [1.82, 2.24) is 5.43 Å². The maximum atomic E-state index is 13.6. The maximum absolute atomic E-state index is 13.6. The molecule has 3 aromatic rings. The first-order chi connectivity index (χ1) is 18.1. The molecule has 1 unspecified atom stereocenters. The van der Waals surface area contributed by atoms with Gasteiger partial charge < -0.3 is 9.84 Å². The first-order valence-electron chi connectivity index (χ1n) is 12.3. The van der Waals surface area contributed by atoms with E-state index in [1.807, 2.05) is 50.3 Å². The molecule has 4 rings (SSSR count). The van der Waals surface area contributed by atoms with E-state index in [-0.39, 0.29) is 4.90 Å². The third kappa shape index (κ3) is 5.64. The van der Waals surface area contributed by atoms with Crippen molar-refractivity contribution in [2.45, 2.75) is 37.7 Å². The quantitative estimate of drug-likeness (QED) is 0.313. The van der Waals surface area contributed by atoms with E-state index in [0.29, 0.717) is 35.7 Å². The highest BCUT2D eigenvalue weighted by Gasteiger charge is 2.35. The Kier molecular flexibility index (Phi) is 7.99. The zero-order valence-electron chi connectivity index (χ0n) is 21.6. The Morgan fingerprint density at radius 3 is 2.45 bits per heavy atom. The van der Waals surface area contributed by atoms with Crippen LogP contribution in [0, 0.1) is 6.92 Å². The van der Waals surface area contributed by atoms with Gasteiger partial charge in [0, 0.05) is 6.42 Å². The number of nitrogens with zero attached hydrogens (tertiary/aromatic N) is 2. The highest BCUT2D eigenvalue weighted by molar-refractivity contribution is 7.92. The van der Waals surface area contributed by atoms with Gasteiger partial charge in [-0.05, 0) is 68.3 Å². The number of aryl methyl sites for hydroxylation is 1. The first-order valence-corrected chi connectivity index (χ1v) is 13.7. The molecule has 0 fully saturated rings. The molecule has 1 atom stereocenters. The highest BCUT2D eigenvalue weighted by atomic mass is 32.2. The van der Waals surface area contributed by atoms with Gasteiger partial charge in [-0.2, -0.15) is 5.10 Å². The van der Waals surface area contributed by atoms with E-state index in [9.17, 15) is 18.3 Å². The Labute approximate surface area is 223 Å². The summed E-state index contributed by atoms with van der Waals surface area (Å²) in [6.45, 7) is 5.31. The van der Waals surface area contributed by atoms with Gasteiger partial charge in [0.15, 0.2) is 0 Å². The topological polar surface area (TPSA) is 108 Å². The zero-order chi connectivity index (χ0) is 27.3. The van der Waals surface area contributed by atoms with E-state index in [4.69, 9.17) is 4.74 Å². The molecular formula is C29H31N3O5S. The SMILES string of the molecule is CCOc1ccc(S(=O)(=O)N(CC(=O)N/N=C(\C)C2(O)CC=Cc3ccccc32)c2ccc(C)cc2)cc1. The summed E-state index contributed by atoms with van der Waals surface area (Å²) in [5.41, 5.74) is 4.19. The second-order valence-corrected chi connectivity index (χ2v) is 10.9. The lowest BCUT2D eigenvalue weighted by molar-refractivity contribution is -0.119. The van der Waals surface area contributed by atoms with Crippen molar-refractivity contribution in [2.75, 3.05) is 17.5 Å². The Bertz CT molecular complexity index is 1460. The number of benzene rings is 3. The summed E-state index contributed by atoms with van der Waals surface area (Å²) < 4.78 is 33.7. The van der Waals surface area contributed by atoms with Gasteiger partial charge in [0.2, 0.25) is 0 Å². The first kappa shape index (κ1) is 27.1. The lowest BCUT2D eigenvalue weighted by atomic mass is 9.80. The van der Waals surface area contributed by atoms with Crippen LogP contribution in [-0.2, 0) is 20.4 Å². The molecule has 38 heavy (non-hydrogen) atoms. The van der Waals surface area contributed by atoms with Crippen LogP contribution in [0.15, 0.2) is 88.9 Å². The number of carbonyl (C=O) groups excluding carboxylic acids is 1. The van der Waals surface area contributed by atoms with Crippen LogP contribution in [0.3, 0.4) is 0 Å². The van der Waals surface area contributed by atoms with Crippen molar-refractivity contribution in [3.63, 3.8) is 0 Å². The lowest BCUT2D eigenvalue weighted by Crippen LogP contribution is -2.41. The van der Waals surface area contributed by atoms with Gasteiger partial charge in [-0.3, -0.25) is 9.10 Å². The fourth-order valence-corrected chi connectivity index (χ4v) is 5.68. The van der Waals surface area contributed by atoms with Crippen LogP contribution < -0.4 is 14.5 Å². The standard InChI is InChI=1S/C29H31N3O5S/c1-4-37-25-15-17-26(18-16-25)38(35,36)32(24-13-11-21(2)12-14-24)20-28(33)31-30-22(3)29(34)19-7-9-23-8-5-6-10-27(23)29/h5-18,34H,4,19-20H2,1-3H3,(H,31,33)/b30-22+. The van der Waals surface area contributed by atoms with E-state index in [1.54, 1.807) is 43.3 Å². The van der Waals surface area contributed by atoms with Crippen LogP contribution in [0.2, 0.25) is 0 Å². The molecule has 0 aliphatic heterocycles. The summed E-state index contributed by atoms with van der Waals surface area (Å²) in [5.74, 6) is -0.101. The molecule has 1 amide bonds. The molecule has 0 radical (unpaired) electrons. The Hall–Kier alpha value is -3.95. The minimum absolute atomic E-state index is 0.0221. The number of carbonyl (C=O) groups is 1. The molecule has 8 nitrogen and oxygen atoms in total. The van der Waals surface area contributed by atoms with Gasteiger partial charge in [-0.1, -0.05) is 54.1 Å². The molecule has 0 saturated carbocycles.